The van der Waals surface area contributed by atoms with Gasteiger partial charge in [0.1, 0.15) is 11.3 Å². The highest BCUT2D eigenvalue weighted by atomic mass is 32.2. The third-order valence-electron chi connectivity index (χ3n) is 2.63. The minimum absolute atomic E-state index is 0.570. The molecule has 0 aliphatic heterocycles. The minimum atomic E-state index is -1.42. The van der Waals surface area contributed by atoms with Gasteiger partial charge in [-0.05, 0) is 36.3 Å². The quantitative estimate of drug-likeness (QED) is 0.792. The Morgan fingerprint density at radius 3 is 2.95 bits per heavy atom. The highest BCUT2D eigenvalue weighted by Gasteiger charge is 2.05. The van der Waals surface area contributed by atoms with Crippen molar-refractivity contribution < 1.29 is 17.7 Å². The van der Waals surface area contributed by atoms with E-state index >= 15 is 0 Å². The molecule has 0 bridgehead atoms. The van der Waals surface area contributed by atoms with Gasteiger partial charge in [0.2, 0.25) is 0 Å². The molecular weight excluding hydrogens is 266 g/mol. The molecular formula is C13H17NO4S. The molecule has 0 fully saturated rings. The fourth-order valence-corrected chi connectivity index (χ4v) is 1.86. The zero-order valence-corrected chi connectivity index (χ0v) is 11.8. The van der Waals surface area contributed by atoms with Crippen molar-refractivity contribution in [1.29, 1.82) is 0 Å². The summed E-state index contributed by atoms with van der Waals surface area (Å²) in [5.74, 6) is 1.55. The number of benzene rings is 1. The molecule has 2 aromatic rings. The van der Waals surface area contributed by atoms with Gasteiger partial charge in [0, 0.05) is 18.1 Å². The molecule has 6 heteroatoms. The molecule has 5 nitrogen and oxygen atoms in total. The van der Waals surface area contributed by atoms with E-state index in [1.165, 1.54) is 6.26 Å². The third-order valence-corrected chi connectivity index (χ3v) is 2.93. The highest BCUT2D eigenvalue weighted by Crippen LogP contribution is 2.24. The normalized spacial score (nSPS) is 12.7. The lowest BCUT2D eigenvalue weighted by Crippen LogP contribution is -2.19. The molecule has 0 saturated heterocycles. The molecule has 2 rings (SSSR count). The van der Waals surface area contributed by atoms with Gasteiger partial charge in [-0.1, -0.05) is 13.3 Å². The minimum Gasteiger partial charge on any atom is -0.461 e. The summed E-state index contributed by atoms with van der Waals surface area (Å²) in [6, 6.07) is 7.44. The van der Waals surface area contributed by atoms with E-state index in [9.17, 15) is 4.21 Å². The third kappa shape index (κ3) is 4.05. The zero-order valence-electron chi connectivity index (χ0n) is 11.0. The summed E-state index contributed by atoms with van der Waals surface area (Å²) in [4.78, 5) is 5.11. The predicted molar refractivity (Wildman–Crippen MR) is 73.7 cm³/mol. The molecule has 0 spiro atoms. The zero-order chi connectivity index (χ0) is 13.7. The number of hydrogen-bond donors (Lipinski definition) is 1. The molecule has 0 saturated carbocycles. The lowest BCUT2D eigenvalue weighted by molar-refractivity contribution is -0.00693. The van der Waals surface area contributed by atoms with Crippen LogP contribution in [0.3, 0.4) is 0 Å². The molecule has 19 heavy (non-hydrogen) atoms. The van der Waals surface area contributed by atoms with E-state index in [1.54, 1.807) is 6.07 Å². The second-order valence-electron chi connectivity index (χ2n) is 4.19. The summed E-state index contributed by atoms with van der Waals surface area (Å²) in [6.45, 7) is 2.15. The van der Waals surface area contributed by atoms with Gasteiger partial charge in [-0.15, -0.1) is 0 Å². The molecule has 0 aliphatic carbocycles. The Kier molecular flexibility index (Phi) is 4.95. The number of aryl methyl sites for hydroxylation is 1. The topological polar surface area (TPSA) is 60.7 Å². The van der Waals surface area contributed by atoms with Crippen LogP contribution in [0.2, 0.25) is 0 Å². The molecule has 0 radical (unpaired) electrons. The van der Waals surface area contributed by atoms with Crippen LogP contribution in [0.25, 0.3) is 11.0 Å². The van der Waals surface area contributed by atoms with Crippen molar-refractivity contribution in [3.05, 3.63) is 30.0 Å². The Hall–Kier alpha value is -1.37. The van der Waals surface area contributed by atoms with Gasteiger partial charge in [0.05, 0.1) is 0 Å². The standard InChI is InChI=1S/C13H17NO4S/c1-3-4-5-11-8-10-9-12(6-7-13(10)16-11)17-14-18-19(2)15/h6-9,14H,3-5H2,1-2H3. The van der Waals surface area contributed by atoms with Gasteiger partial charge >= 0.3 is 0 Å². The van der Waals surface area contributed by atoms with E-state index in [4.69, 9.17) is 9.25 Å². The van der Waals surface area contributed by atoms with Gasteiger partial charge in [0.15, 0.2) is 16.8 Å². The SMILES string of the molecule is CCCCc1cc2cc(ONOS(C)=O)ccc2o1. The van der Waals surface area contributed by atoms with Gasteiger partial charge in [0.25, 0.3) is 0 Å². The summed E-state index contributed by atoms with van der Waals surface area (Å²) >= 11 is -1.42. The first-order chi connectivity index (χ1) is 9.19. The lowest BCUT2D eigenvalue weighted by Gasteiger charge is -2.04. The van der Waals surface area contributed by atoms with Gasteiger partial charge in [-0.2, -0.15) is 4.28 Å². The largest absolute Gasteiger partial charge is 0.461 e. The summed E-state index contributed by atoms with van der Waals surface area (Å²) in [5.41, 5.74) is 3.01. The van der Waals surface area contributed by atoms with Gasteiger partial charge in [-0.25, -0.2) is 4.21 Å². The number of rotatable bonds is 7. The van der Waals surface area contributed by atoms with E-state index in [2.05, 4.69) is 16.9 Å². The van der Waals surface area contributed by atoms with Crippen molar-refractivity contribution in [2.45, 2.75) is 26.2 Å². The first-order valence-corrected chi connectivity index (χ1v) is 7.62. The second-order valence-corrected chi connectivity index (χ2v) is 5.16. The predicted octanol–water partition coefficient (Wildman–Crippen LogP) is 2.88. The van der Waals surface area contributed by atoms with E-state index in [1.807, 2.05) is 18.2 Å². The molecule has 1 heterocycles. The molecule has 1 aromatic heterocycles. The Balaban J connectivity index is 2.04. The van der Waals surface area contributed by atoms with Crippen molar-refractivity contribution in [1.82, 2.24) is 5.64 Å². The summed E-state index contributed by atoms with van der Waals surface area (Å²) in [7, 11) is 0. The van der Waals surface area contributed by atoms with Gasteiger partial charge < -0.3 is 9.25 Å². The summed E-state index contributed by atoms with van der Waals surface area (Å²) in [6.07, 6.45) is 4.59. The maximum Gasteiger partial charge on any atom is 0.173 e. The fraction of sp³-hybridized carbons (Fsp3) is 0.385. The number of fused-ring (bicyclic) bond motifs is 1. The average Bonchev–Trinajstić information content (AvgIpc) is 2.78. The van der Waals surface area contributed by atoms with Crippen LogP contribution in [0.1, 0.15) is 25.5 Å². The van der Waals surface area contributed by atoms with Crippen LogP contribution in [-0.4, -0.2) is 10.5 Å². The number of furan rings is 1. The monoisotopic (exact) mass is 283 g/mol. The van der Waals surface area contributed by atoms with Crippen molar-refractivity contribution in [2.24, 2.45) is 0 Å². The van der Waals surface area contributed by atoms with Crippen LogP contribution in [0.15, 0.2) is 28.7 Å². The maximum atomic E-state index is 10.7. The van der Waals surface area contributed by atoms with Crippen LogP contribution in [0, 0.1) is 0 Å². The van der Waals surface area contributed by atoms with Crippen molar-refractivity contribution in [3.8, 4) is 5.75 Å². The van der Waals surface area contributed by atoms with E-state index in [0.717, 1.165) is 36.0 Å². The molecule has 0 aliphatic rings. The first-order valence-electron chi connectivity index (χ1n) is 6.14. The van der Waals surface area contributed by atoms with Crippen molar-refractivity contribution in [2.75, 3.05) is 6.26 Å². The first kappa shape index (κ1) is 14.0. The van der Waals surface area contributed by atoms with Crippen LogP contribution in [-0.2, 0) is 21.8 Å². The Labute approximate surface area is 114 Å². The molecule has 1 atom stereocenters. The fourth-order valence-electron chi connectivity index (χ4n) is 1.73. The highest BCUT2D eigenvalue weighted by molar-refractivity contribution is 7.79. The molecule has 1 aromatic carbocycles. The van der Waals surface area contributed by atoms with E-state index < -0.39 is 11.1 Å². The average molecular weight is 283 g/mol. The Morgan fingerprint density at radius 1 is 1.37 bits per heavy atom. The molecule has 1 N–H and O–H groups in total. The summed E-state index contributed by atoms with van der Waals surface area (Å²) < 4.78 is 21.0. The Morgan fingerprint density at radius 2 is 2.21 bits per heavy atom. The maximum absolute atomic E-state index is 10.7. The lowest BCUT2D eigenvalue weighted by atomic mass is 10.2. The molecule has 1 unspecified atom stereocenters. The number of nitrogens with one attached hydrogen (secondary N) is 1. The van der Waals surface area contributed by atoms with Gasteiger partial charge in [-0.3, -0.25) is 0 Å². The van der Waals surface area contributed by atoms with E-state index in [-0.39, 0.29) is 0 Å². The number of unbranched alkanes of at least 4 members (excludes halogenated alkanes) is 1. The molecule has 104 valence electrons. The van der Waals surface area contributed by atoms with Crippen molar-refractivity contribution >= 4 is 22.0 Å². The van der Waals surface area contributed by atoms with Crippen LogP contribution >= 0.6 is 0 Å². The van der Waals surface area contributed by atoms with Crippen LogP contribution in [0.5, 0.6) is 5.75 Å². The molecule has 0 amide bonds. The summed E-state index contributed by atoms with van der Waals surface area (Å²) in [5, 5.41) is 0.975. The number of hydrogen-bond acceptors (Lipinski definition) is 5. The Bertz CT molecular complexity index is 567. The second kappa shape index (κ2) is 6.70. The van der Waals surface area contributed by atoms with E-state index in [0.29, 0.717) is 5.75 Å². The van der Waals surface area contributed by atoms with Crippen molar-refractivity contribution in [3.63, 3.8) is 0 Å². The van der Waals surface area contributed by atoms with Crippen LogP contribution < -0.4 is 10.5 Å². The van der Waals surface area contributed by atoms with Crippen LogP contribution in [0.4, 0.5) is 0 Å². The smallest absolute Gasteiger partial charge is 0.173 e.